The quantitative estimate of drug-likeness (QED) is 0.207. The standard InChI is InChI=1S/C19H28BN3O7/c1-18(2)19(3,4)30-20(29-18)13-9-12(10-14(11-13)23(26)27)16(24)22-8-6-7-15(21)17(25)28-5/h9-11,15H,6-8,21H2,1-5H3,(H,22,24). The zero-order chi connectivity index (χ0) is 22.7. The first-order chi connectivity index (χ1) is 13.9. The van der Waals surface area contributed by atoms with E-state index in [1.165, 1.54) is 25.3 Å². The molecule has 10 nitrogen and oxygen atoms in total. The van der Waals surface area contributed by atoms with E-state index in [1.807, 2.05) is 27.7 Å². The molecule has 11 heteroatoms. The molecule has 0 aromatic heterocycles. The van der Waals surface area contributed by atoms with Crippen molar-refractivity contribution < 1.29 is 28.6 Å². The molecule has 0 radical (unpaired) electrons. The van der Waals surface area contributed by atoms with Crippen LogP contribution >= 0.6 is 0 Å². The fourth-order valence-electron chi connectivity index (χ4n) is 2.88. The minimum atomic E-state index is -0.834. The van der Waals surface area contributed by atoms with Gasteiger partial charge >= 0.3 is 13.1 Å². The molecule has 0 saturated carbocycles. The number of carbonyl (C=O) groups is 2. The number of methoxy groups -OCH3 is 1. The van der Waals surface area contributed by atoms with E-state index in [-0.39, 0.29) is 17.8 Å². The van der Waals surface area contributed by atoms with Crippen molar-refractivity contribution in [3.63, 3.8) is 0 Å². The third-order valence-corrected chi connectivity index (χ3v) is 5.42. The Bertz CT molecular complexity index is 812. The predicted octanol–water partition coefficient (Wildman–Crippen LogP) is 0.904. The van der Waals surface area contributed by atoms with Crippen LogP contribution < -0.4 is 16.5 Å². The number of non-ortho nitro benzene ring substituents is 1. The van der Waals surface area contributed by atoms with E-state index >= 15 is 0 Å². The second kappa shape index (κ2) is 9.11. The Kier molecular flexibility index (Phi) is 7.22. The summed E-state index contributed by atoms with van der Waals surface area (Å²) in [5.41, 5.74) is 4.68. The predicted molar refractivity (Wildman–Crippen MR) is 110 cm³/mol. The van der Waals surface area contributed by atoms with E-state index in [0.717, 1.165) is 0 Å². The van der Waals surface area contributed by atoms with Crippen LogP contribution in [0, 0.1) is 10.1 Å². The third-order valence-electron chi connectivity index (χ3n) is 5.42. The van der Waals surface area contributed by atoms with Crippen molar-refractivity contribution in [1.82, 2.24) is 5.32 Å². The molecule has 1 unspecified atom stereocenters. The number of nitrogens with two attached hydrogens (primary N) is 1. The van der Waals surface area contributed by atoms with E-state index < -0.39 is 41.2 Å². The minimum absolute atomic E-state index is 0.117. The number of nitrogens with one attached hydrogen (secondary N) is 1. The van der Waals surface area contributed by atoms with E-state index in [2.05, 4.69) is 10.1 Å². The second-order valence-electron chi connectivity index (χ2n) is 8.19. The molecule has 0 bridgehead atoms. The van der Waals surface area contributed by atoms with Crippen molar-refractivity contribution in [2.45, 2.75) is 57.8 Å². The molecule has 30 heavy (non-hydrogen) atoms. The number of esters is 1. The number of nitro benzene ring substituents is 1. The van der Waals surface area contributed by atoms with Gasteiger partial charge in [-0.3, -0.25) is 19.7 Å². The third kappa shape index (κ3) is 5.35. The van der Waals surface area contributed by atoms with Gasteiger partial charge in [-0.25, -0.2) is 0 Å². The van der Waals surface area contributed by atoms with Crippen LogP contribution in [0.4, 0.5) is 5.69 Å². The van der Waals surface area contributed by atoms with E-state index in [0.29, 0.717) is 18.3 Å². The van der Waals surface area contributed by atoms with Gasteiger partial charge in [0.25, 0.3) is 11.6 Å². The van der Waals surface area contributed by atoms with Crippen LogP contribution in [0.25, 0.3) is 0 Å². The van der Waals surface area contributed by atoms with Crippen LogP contribution in [0.3, 0.4) is 0 Å². The van der Waals surface area contributed by atoms with Crippen molar-refractivity contribution >= 4 is 30.1 Å². The molecule has 0 spiro atoms. The summed E-state index contributed by atoms with van der Waals surface area (Å²) in [4.78, 5) is 34.6. The average molecular weight is 421 g/mol. The zero-order valence-corrected chi connectivity index (χ0v) is 17.9. The zero-order valence-electron chi connectivity index (χ0n) is 17.9. The summed E-state index contributed by atoms with van der Waals surface area (Å²) in [6, 6.07) is 3.29. The molecular formula is C19H28BN3O7. The highest BCUT2D eigenvalue weighted by Crippen LogP contribution is 2.36. The van der Waals surface area contributed by atoms with Crippen molar-refractivity contribution in [3.8, 4) is 0 Å². The van der Waals surface area contributed by atoms with Crippen LogP contribution in [-0.2, 0) is 18.8 Å². The summed E-state index contributed by atoms with van der Waals surface area (Å²) in [6.07, 6.45) is 0.780. The molecule has 164 valence electrons. The molecular weight excluding hydrogens is 393 g/mol. The molecule has 1 atom stereocenters. The fourth-order valence-corrected chi connectivity index (χ4v) is 2.88. The van der Waals surface area contributed by atoms with Gasteiger partial charge in [-0.1, -0.05) is 0 Å². The van der Waals surface area contributed by atoms with Crippen LogP contribution in [-0.4, -0.2) is 54.8 Å². The molecule has 1 fully saturated rings. The largest absolute Gasteiger partial charge is 0.495 e. The number of hydrogen-bond donors (Lipinski definition) is 2. The SMILES string of the molecule is COC(=O)C(N)CCCNC(=O)c1cc(B2OC(C)(C)C(C)(C)O2)cc([N+](=O)[O-])c1. The number of benzene rings is 1. The highest BCUT2D eigenvalue weighted by atomic mass is 16.7. The maximum atomic E-state index is 12.5. The lowest BCUT2D eigenvalue weighted by atomic mass is 9.78. The lowest BCUT2D eigenvalue weighted by Gasteiger charge is -2.32. The number of amides is 1. The number of nitro groups is 1. The summed E-state index contributed by atoms with van der Waals surface area (Å²) in [5, 5.41) is 14.0. The molecule has 1 aromatic rings. The van der Waals surface area contributed by atoms with Gasteiger partial charge in [0, 0.05) is 24.2 Å². The summed E-state index contributed by atoms with van der Waals surface area (Å²) in [5.74, 6) is -1.00. The van der Waals surface area contributed by atoms with E-state index in [1.54, 1.807) is 0 Å². The smallest absolute Gasteiger partial charge is 0.468 e. The number of nitrogens with zero attached hydrogens (tertiary/aromatic N) is 1. The van der Waals surface area contributed by atoms with Crippen LogP contribution in [0.1, 0.15) is 50.9 Å². The fraction of sp³-hybridized carbons (Fsp3) is 0.579. The van der Waals surface area contributed by atoms with E-state index in [9.17, 15) is 19.7 Å². The number of carbonyl (C=O) groups excluding carboxylic acids is 2. The summed E-state index contributed by atoms with van der Waals surface area (Å²) in [6.45, 7) is 7.74. The number of hydrogen-bond acceptors (Lipinski definition) is 8. The summed E-state index contributed by atoms with van der Waals surface area (Å²) >= 11 is 0. The van der Waals surface area contributed by atoms with Gasteiger partial charge < -0.3 is 25.1 Å². The van der Waals surface area contributed by atoms with Gasteiger partial charge in [-0.05, 0) is 52.1 Å². The van der Waals surface area contributed by atoms with Gasteiger partial charge in [0.2, 0.25) is 0 Å². The average Bonchev–Trinajstić information content (AvgIpc) is 2.91. The second-order valence-corrected chi connectivity index (χ2v) is 8.19. The normalized spacial score (nSPS) is 18.0. The Morgan fingerprint density at radius 3 is 2.37 bits per heavy atom. The van der Waals surface area contributed by atoms with Crippen molar-refractivity contribution in [1.29, 1.82) is 0 Å². The molecule has 1 aliphatic heterocycles. The first-order valence-corrected chi connectivity index (χ1v) is 9.64. The Balaban J connectivity index is 2.12. The molecule has 3 N–H and O–H groups in total. The van der Waals surface area contributed by atoms with Gasteiger partial charge in [-0.15, -0.1) is 0 Å². The lowest BCUT2D eigenvalue weighted by Crippen LogP contribution is -2.41. The molecule has 1 amide bonds. The lowest BCUT2D eigenvalue weighted by molar-refractivity contribution is -0.384. The van der Waals surface area contributed by atoms with Gasteiger partial charge in [-0.2, -0.15) is 0 Å². The first-order valence-electron chi connectivity index (χ1n) is 9.64. The molecule has 1 heterocycles. The van der Waals surface area contributed by atoms with Gasteiger partial charge in [0.1, 0.15) is 6.04 Å². The maximum absolute atomic E-state index is 12.5. The van der Waals surface area contributed by atoms with Gasteiger partial charge in [0.15, 0.2) is 0 Å². The molecule has 1 aliphatic rings. The van der Waals surface area contributed by atoms with E-state index in [4.69, 9.17) is 15.0 Å². The Morgan fingerprint density at radius 2 is 1.83 bits per heavy atom. The first kappa shape index (κ1) is 23.8. The molecule has 0 aliphatic carbocycles. The van der Waals surface area contributed by atoms with Gasteiger partial charge in [0.05, 0.1) is 23.2 Å². The summed E-state index contributed by atoms with van der Waals surface area (Å²) in [7, 11) is 0.420. The number of rotatable bonds is 8. The Hall–Kier alpha value is -2.50. The molecule has 1 aromatic carbocycles. The maximum Gasteiger partial charge on any atom is 0.495 e. The Morgan fingerprint density at radius 1 is 1.23 bits per heavy atom. The topological polar surface area (TPSA) is 143 Å². The Labute approximate surface area is 175 Å². The van der Waals surface area contributed by atoms with Crippen LogP contribution in [0.2, 0.25) is 0 Å². The van der Waals surface area contributed by atoms with Crippen molar-refractivity contribution in [2.24, 2.45) is 5.73 Å². The van der Waals surface area contributed by atoms with Crippen LogP contribution in [0.5, 0.6) is 0 Å². The molecule has 2 rings (SSSR count). The monoisotopic (exact) mass is 421 g/mol. The number of ether oxygens (including phenoxy) is 1. The van der Waals surface area contributed by atoms with Crippen molar-refractivity contribution in [2.75, 3.05) is 13.7 Å². The van der Waals surface area contributed by atoms with Crippen molar-refractivity contribution in [3.05, 3.63) is 33.9 Å². The highest BCUT2D eigenvalue weighted by molar-refractivity contribution is 6.62. The minimum Gasteiger partial charge on any atom is -0.468 e. The van der Waals surface area contributed by atoms with Crippen LogP contribution in [0.15, 0.2) is 18.2 Å². The summed E-state index contributed by atoms with van der Waals surface area (Å²) < 4.78 is 16.4. The highest BCUT2D eigenvalue weighted by Gasteiger charge is 2.52. The molecule has 1 saturated heterocycles.